The second-order valence-corrected chi connectivity index (χ2v) is 6.21. The molecule has 3 aromatic rings. The van der Waals surface area contributed by atoms with Crippen molar-refractivity contribution in [2.45, 2.75) is 6.54 Å². The molecule has 0 fully saturated rings. The van der Waals surface area contributed by atoms with Crippen LogP contribution >= 0.6 is 22.9 Å². The Kier molecular flexibility index (Phi) is 5.42. The van der Waals surface area contributed by atoms with Crippen LogP contribution in [0, 0.1) is 0 Å². The van der Waals surface area contributed by atoms with Gasteiger partial charge >= 0.3 is 0 Å². The fourth-order valence-electron chi connectivity index (χ4n) is 2.08. The summed E-state index contributed by atoms with van der Waals surface area (Å²) in [6.07, 6.45) is 1.50. The molecule has 25 heavy (non-hydrogen) atoms. The van der Waals surface area contributed by atoms with Crippen LogP contribution in [0.3, 0.4) is 0 Å². The summed E-state index contributed by atoms with van der Waals surface area (Å²) in [4.78, 5) is 16.3. The monoisotopic (exact) mass is 375 g/mol. The summed E-state index contributed by atoms with van der Waals surface area (Å²) in [6.45, 7) is 0.518. The van der Waals surface area contributed by atoms with Crippen LogP contribution in [-0.2, 0) is 6.54 Å². The smallest absolute Gasteiger partial charge is 0.259 e. The zero-order valence-electron chi connectivity index (χ0n) is 13.2. The number of hydrogen-bond acceptors (Lipinski definition) is 7. The summed E-state index contributed by atoms with van der Waals surface area (Å²) in [5.74, 6) is 1.06. The molecule has 0 unspecified atom stereocenters. The Morgan fingerprint density at radius 3 is 2.88 bits per heavy atom. The number of benzene rings is 1. The average molecular weight is 376 g/mol. The normalized spacial score (nSPS) is 10.3. The Hall–Kier alpha value is -2.71. The highest BCUT2D eigenvalue weighted by atomic mass is 35.5. The second-order valence-electron chi connectivity index (χ2n) is 4.94. The van der Waals surface area contributed by atoms with E-state index in [1.807, 2.05) is 6.07 Å². The lowest BCUT2D eigenvalue weighted by Gasteiger charge is -2.10. The van der Waals surface area contributed by atoms with E-state index in [9.17, 15) is 4.79 Å². The zero-order chi connectivity index (χ0) is 17.6. The molecule has 9 heteroatoms. The summed E-state index contributed by atoms with van der Waals surface area (Å²) in [5.41, 5.74) is 2.93. The number of methoxy groups -OCH3 is 1. The van der Waals surface area contributed by atoms with E-state index in [1.165, 1.54) is 17.5 Å². The zero-order valence-corrected chi connectivity index (χ0v) is 14.8. The number of amides is 1. The van der Waals surface area contributed by atoms with Crippen LogP contribution in [0.1, 0.15) is 15.9 Å². The molecule has 0 aliphatic heterocycles. The summed E-state index contributed by atoms with van der Waals surface area (Å²) in [7, 11) is 1.60. The Balaban J connectivity index is 1.62. The fourth-order valence-corrected chi connectivity index (χ4v) is 2.68. The molecular weight excluding hydrogens is 362 g/mol. The number of carbonyl (C=O) groups is 1. The van der Waals surface area contributed by atoms with Crippen molar-refractivity contribution in [1.29, 1.82) is 0 Å². The van der Waals surface area contributed by atoms with Crippen LogP contribution in [0.5, 0.6) is 5.75 Å². The third kappa shape index (κ3) is 4.43. The minimum absolute atomic E-state index is 0.282. The van der Waals surface area contributed by atoms with Crippen molar-refractivity contribution in [1.82, 2.24) is 15.2 Å². The largest absolute Gasteiger partial charge is 0.496 e. The minimum Gasteiger partial charge on any atom is -0.496 e. The van der Waals surface area contributed by atoms with Crippen molar-refractivity contribution >= 4 is 39.8 Å². The Bertz CT molecular complexity index is 855. The molecule has 0 atom stereocenters. The third-order valence-electron chi connectivity index (χ3n) is 3.32. The molecule has 7 nitrogen and oxygen atoms in total. The molecule has 0 saturated heterocycles. The number of pyridine rings is 1. The van der Waals surface area contributed by atoms with Crippen LogP contribution in [-0.4, -0.2) is 28.2 Å². The Labute approximate surface area is 153 Å². The maximum Gasteiger partial charge on any atom is 0.259 e. The molecule has 0 spiro atoms. The highest BCUT2D eigenvalue weighted by Gasteiger charge is 2.09. The molecule has 0 radical (unpaired) electrons. The standard InChI is InChI=1S/C16H14ClN5O2S/c1-24-13-6-12(17)4-2-10(13)7-18-14-5-3-11(8-19-14)15(23)21-16-22-20-9-25-16/h2-6,8-9H,7H2,1H3,(H,18,19)(H,21,22,23). The molecule has 2 N–H and O–H groups in total. The lowest BCUT2D eigenvalue weighted by molar-refractivity contribution is 0.102. The van der Waals surface area contributed by atoms with Gasteiger partial charge in [0.05, 0.1) is 12.7 Å². The van der Waals surface area contributed by atoms with Crippen molar-refractivity contribution in [3.63, 3.8) is 0 Å². The first-order valence-electron chi connectivity index (χ1n) is 7.25. The maximum atomic E-state index is 12.1. The summed E-state index contributed by atoms with van der Waals surface area (Å²) in [6, 6.07) is 8.86. The number of rotatable bonds is 6. The van der Waals surface area contributed by atoms with E-state index in [-0.39, 0.29) is 5.91 Å². The van der Waals surface area contributed by atoms with E-state index < -0.39 is 0 Å². The predicted molar refractivity (Wildman–Crippen MR) is 97.4 cm³/mol. The lowest BCUT2D eigenvalue weighted by Crippen LogP contribution is -2.12. The average Bonchev–Trinajstić information content (AvgIpc) is 3.14. The molecule has 1 amide bonds. The van der Waals surface area contributed by atoms with E-state index in [1.54, 1.807) is 36.9 Å². The van der Waals surface area contributed by atoms with Gasteiger partial charge in [-0.2, -0.15) is 0 Å². The maximum absolute atomic E-state index is 12.1. The van der Waals surface area contributed by atoms with Crippen LogP contribution in [0.4, 0.5) is 10.9 Å². The molecule has 2 aromatic heterocycles. The first-order chi connectivity index (χ1) is 12.2. The van der Waals surface area contributed by atoms with Crippen molar-refractivity contribution in [3.8, 4) is 5.75 Å². The Morgan fingerprint density at radius 1 is 1.32 bits per heavy atom. The van der Waals surface area contributed by atoms with Crippen molar-refractivity contribution in [2.24, 2.45) is 0 Å². The molecule has 0 aliphatic carbocycles. The third-order valence-corrected chi connectivity index (χ3v) is 4.16. The molecule has 1 aromatic carbocycles. The molecular formula is C16H14ClN5O2S. The van der Waals surface area contributed by atoms with Crippen LogP contribution < -0.4 is 15.4 Å². The summed E-state index contributed by atoms with van der Waals surface area (Å²) < 4.78 is 5.31. The van der Waals surface area contributed by atoms with Gasteiger partial charge in [0.15, 0.2) is 0 Å². The number of hydrogen-bond donors (Lipinski definition) is 2. The number of anilines is 2. The highest BCUT2D eigenvalue weighted by molar-refractivity contribution is 7.13. The number of nitrogens with zero attached hydrogens (tertiary/aromatic N) is 3. The van der Waals surface area contributed by atoms with Crippen LogP contribution in [0.2, 0.25) is 5.02 Å². The molecule has 2 heterocycles. The second kappa shape index (κ2) is 7.91. The van der Waals surface area contributed by atoms with Gasteiger partial charge < -0.3 is 10.1 Å². The molecule has 0 aliphatic rings. The minimum atomic E-state index is -0.282. The topological polar surface area (TPSA) is 89.0 Å². The van der Waals surface area contributed by atoms with Gasteiger partial charge in [-0.15, -0.1) is 10.2 Å². The van der Waals surface area contributed by atoms with E-state index in [0.717, 1.165) is 5.56 Å². The summed E-state index contributed by atoms with van der Waals surface area (Å²) in [5, 5.41) is 14.3. The first-order valence-corrected chi connectivity index (χ1v) is 8.51. The molecule has 3 rings (SSSR count). The van der Waals surface area contributed by atoms with E-state index >= 15 is 0 Å². The van der Waals surface area contributed by atoms with E-state index in [2.05, 4.69) is 25.8 Å². The fraction of sp³-hybridized carbons (Fsp3) is 0.125. The van der Waals surface area contributed by atoms with Gasteiger partial charge in [-0.1, -0.05) is 29.0 Å². The number of ether oxygens (including phenoxy) is 1. The summed E-state index contributed by atoms with van der Waals surface area (Å²) >= 11 is 7.20. The highest BCUT2D eigenvalue weighted by Crippen LogP contribution is 2.23. The van der Waals surface area contributed by atoms with Crippen LogP contribution in [0.25, 0.3) is 0 Å². The quantitative estimate of drug-likeness (QED) is 0.685. The lowest BCUT2D eigenvalue weighted by atomic mass is 10.2. The van der Waals surface area contributed by atoms with Gasteiger partial charge in [0.2, 0.25) is 5.13 Å². The number of nitrogens with one attached hydrogen (secondary N) is 2. The predicted octanol–water partition coefficient (Wildman–Crippen LogP) is 3.46. The van der Waals surface area contributed by atoms with Gasteiger partial charge in [-0.3, -0.25) is 10.1 Å². The molecule has 0 saturated carbocycles. The molecule has 128 valence electrons. The van der Waals surface area contributed by atoms with Crippen molar-refractivity contribution in [2.75, 3.05) is 17.7 Å². The SMILES string of the molecule is COc1cc(Cl)ccc1CNc1ccc(C(=O)Nc2nncs2)cn1. The first kappa shape index (κ1) is 17.1. The number of aromatic nitrogens is 3. The van der Waals surface area contributed by atoms with Crippen molar-refractivity contribution in [3.05, 3.63) is 58.2 Å². The van der Waals surface area contributed by atoms with Crippen LogP contribution in [0.15, 0.2) is 42.0 Å². The van der Waals surface area contributed by atoms with E-state index in [4.69, 9.17) is 16.3 Å². The van der Waals surface area contributed by atoms with Gasteiger partial charge in [0.1, 0.15) is 17.1 Å². The van der Waals surface area contributed by atoms with Gasteiger partial charge in [-0.05, 0) is 24.3 Å². The van der Waals surface area contributed by atoms with Gasteiger partial charge in [0, 0.05) is 23.3 Å². The number of carbonyl (C=O) groups excluding carboxylic acids is 1. The van der Waals surface area contributed by atoms with Gasteiger partial charge in [-0.25, -0.2) is 4.98 Å². The Morgan fingerprint density at radius 2 is 2.20 bits per heavy atom. The van der Waals surface area contributed by atoms with Crippen molar-refractivity contribution < 1.29 is 9.53 Å². The number of halogens is 1. The van der Waals surface area contributed by atoms with E-state index in [0.29, 0.717) is 33.8 Å². The molecule has 0 bridgehead atoms. The van der Waals surface area contributed by atoms with Gasteiger partial charge in [0.25, 0.3) is 5.91 Å².